The highest BCUT2D eigenvalue weighted by Gasteiger charge is 2.31. The second kappa shape index (κ2) is 3.34. The Bertz CT molecular complexity index is 139. The monoisotopic (exact) mass is 143 g/mol. The highest BCUT2D eigenvalue weighted by atomic mass is 16.2. The summed E-state index contributed by atoms with van der Waals surface area (Å²) in [7, 11) is 0. The molecule has 0 saturated heterocycles. The predicted octanol–water partition coefficient (Wildman–Crippen LogP) is 0.477. The molecule has 0 spiro atoms. The van der Waals surface area contributed by atoms with E-state index in [2.05, 4.69) is 0 Å². The van der Waals surface area contributed by atoms with Crippen LogP contribution in [0.1, 0.15) is 26.7 Å². The summed E-state index contributed by atoms with van der Waals surface area (Å²) in [6.07, 6.45) is 1.63. The van der Waals surface area contributed by atoms with Crippen molar-refractivity contribution in [3.05, 3.63) is 0 Å². The first-order chi connectivity index (χ1) is 4.63. The number of hydrogen-bond acceptors (Lipinski definition) is 2. The molecule has 0 rings (SSSR count). The van der Waals surface area contributed by atoms with Gasteiger partial charge in [0.1, 0.15) is 11.7 Å². The zero-order valence-electron chi connectivity index (χ0n) is 6.39. The van der Waals surface area contributed by atoms with Crippen LogP contribution in [0.2, 0.25) is 0 Å². The fourth-order valence-corrected chi connectivity index (χ4v) is 0.823. The lowest BCUT2D eigenvalue weighted by Crippen LogP contribution is -2.37. The first-order valence-corrected chi connectivity index (χ1v) is 3.39. The quantitative estimate of drug-likeness (QED) is 0.459. The van der Waals surface area contributed by atoms with Crippen LogP contribution >= 0.6 is 0 Å². The first-order valence-electron chi connectivity index (χ1n) is 3.39. The van der Waals surface area contributed by atoms with Gasteiger partial charge in [0.15, 0.2) is 0 Å². The van der Waals surface area contributed by atoms with E-state index >= 15 is 0 Å². The molecule has 2 N–H and O–H groups in total. The van der Waals surface area contributed by atoms with Gasteiger partial charge >= 0.3 is 0 Å². The van der Waals surface area contributed by atoms with Crippen molar-refractivity contribution in [2.75, 3.05) is 0 Å². The molecule has 0 fully saturated rings. The van der Waals surface area contributed by atoms with Crippen LogP contribution in [-0.2, 0) is 9.59 Å². The van der Waals surface area contributed by atoms with Crippen LogP contribution in [0.3, 0.4) is 0 Å². The van der Waals surface area contributed by atoms with Gasteiger partial charge in [-0.15, -0.1) is 0 Å². The van der Waals surface area contributed by atoms with Crippen LogP contribution < -0.4 is 5.73 Å². The number of carbonyl (C=O) groups is 2. The Hall–Kier alpha value is -0.860. The molecule has 3 heteroatoms. The van der Waals surface area contributed by atoms with Crippen molar-refractivity contribution in [1.29, 1.82) is 0 Å². The molecule has 0 unspecified atom stereocenters. The van der Waals surface area contributed by atoms with Crippen molar-refractivity contribution in [3.63, 3.8) is 0 Å². The Balaban J connectivity index is 4.46. The molecule has 0 radical (unpaired) electrons. The Morgan fingerprint density at radius 3 is 1.90 bits per heavy atom. The van der Waals surface area contributed by atoms with Gasteiger partial charge in [-0.25, -0.2) is 0 Å². The number of primary amides is 1. The maximum absolute atomic E-state index is 10.7. The van der Waals surface area contributed by atoms with E-state index in [0.29, 0.717) is 19.1 Å². The molecule has 0 bridgehead atoms. The number of rotatable bonds is 4. The number of nitrogens with two attached hydrogens (primary N) is 1. The zero-order chi connectivity index (χ0) is 8.20. The van der Waals surface area contributed by atoms with Crippen LogP contribution in [0.25, 0.3) is 0 Å². The topological polar surface area (TPSA) is 60.2 Å². The molecule has 3 nitrogen and oxygen atoms in total. The fourth-order valence-electron chi connectivity index (χ4n) is 0.823. The van der Waals surface area contributed by atoms with E-state index in [4.69, 9.17) is 5.73 Å². The zero-order valence-corrected chi connectivity index (χ0v) is 6.39. The van der Waals surface area contributed by atoms with Crippen LogP contribution in [0, 0.1) is 5.41 Å². The van der Waals surface area contributed by atoms with Crippen molar-refractivity contribution in [2.24, 2.45) is 11.1 Å². The maximum atomic E-state index is 10.7. The first kappa shape index (κ1) is 9.14. The van der Waals surface area contributed by atoms with Gasteiger partial charge in [0.25, 0.3) is 0 Å². The molecule has 0 aliphatic rings. The van der Waals surface area contributed by atoms with Gasteiger partial charge in [-0.05, 0) is 12.8 Å². The molecule has 0 aliphatic carbocycles. The maximum Gasteiger partial charge on any atom is 0.230 e. The molecule has 1 amide bonds. The lowest BCUT2D eigenvalue weighted by atomic mass is 9.83. The van der Waals surface area contributed by atoms with E-state index < -0.39 is 11.3 Å². The molecule has 0 aliphatic heterocycles. The molecular formula is C7H13NO2. The summed E-state index contributed by atoms with van der Waals surface area (Å²) in [4.78, 5) is 21.1. The van der Waals surface area contributed by atoms with Gasteiger partial charge in [0.05, 0.1) is 0 Å². The Labute approximate surface area is 60.6 Å². The summed E-state index contributed by atoms with van der Waals surface area (Å²) in [6, 6.07) is 0. The minimum atomic E-state index is -0.917. The summed E-state index contributed by atoms with van der Waals surface area (Å²) in [6.45, 7) is 3.56. The smallest absolute Gasteiger partial charge is 0.230 e. The van der Waals surface area contributed by atoms with Gasteiger partial charge in [-0.2, -0.15) is 0 Å². The minimum absolute atomic E-state index is 0.488. The van der Waals surface area contributed by atoms with Crippen LogP contribution in [-0.4, -0.2) is 12.2 Å². The standard InChI is InChI=1S/C7H13NO2/c1-3-7(4-2,5-9)6(8)10/h5H,3-4H2,1-2H3,(H2,8,10). The molecule has 0 aromatic carbocycles. The second-order valence-electron chi connectivity index (χ2n) is 2.35. The summed E-state index contributed by atoms with van der Waals surface area (Å²) >= 11 is 0. The lowest BCUT2D eigenvalue weighted by molar-refractivity contribution is -0.134. The Morgan fingerprint density at radius 2 is 1.90 bits per heavy atom. The van der Waals surface area contributed by atoms with E-state index in [1.165, 1.54) is 0 Å². The average Bonchev–Trinajstić information content (AvgIpc) is 1.92. The third-order valence-electron chi connectivity index (χ3n) is 1.98. The van der Waals surface area contributed by atoms with Crippen molar-refractivity contribution in [3.8, 4) is 0 Å². The minimum Gasteiger partial charge on any atom is -0.369 e. The molecule has 58 valence electrons. The van der Waals surface area contributed by atoms with Crippen LogP contribution in [0.5, 0.6) is 0 Å². The Kier molecular flexibility index (Phi) is 3.06. The molecule has 0 heterocycles. The number of hydrogen-bond donors (Lipinski definition) is 1. The lowest BCUT2D eigenvalue weighted by Gasteiger charge is -2.19. The normalized spacial score (nSPS) is 11.0. The van der Waals surface area contributed by atoms with E-state index in [1.54, 1.807) is 13.8 Å². The molecular weight excluding hydrogens is 130 g/mol. The fraction of sp³-hybridized carbons (Fsp3) is 0.714. The van der Waals surface area contributed by atoms with Crippen molar-refractivity contribution in [2.45, 2.75) is 26.7 Å². The molecule has 0 atom stereocenters. The van der Waals surface area contributed by atoms with Crippen LogP contribution in [0.15, 0.2) is 0 Å². The van der Waals surface area contributed by atoms with Gasteiger partial charge in [0, 0.05) is 0 Å². The van der Waals surface area contributed by atoms with Crippen LogP contribution in [0.4, 0.5) is 0 Å². The highest BCUT2D eigenvalue weighted by Crippen LogP contribution is 2.21. The van der Waals surface area contributed by atoms with Crippen molar-refractivity contribution < 1.29 is 9.59 Å². The summed E-state index contributed by atoms with van der Waals surface area (Å²) in [5, 5.41) is 0. The van der Waals surface area contributed by atoms with Gasteiger partial charge < -0.3 is 10.5 Å². The SMILES string of the molecule is CCC(C=O)(CC)C(N)=O. The predicted molar refractivity (Wildman–Crippen MR) is 38.3 cm³/mol. The second-order valence-corrected chi connectivity index (χ2v) is 2.35. The van der Waals surface area contributed by atoms with Crippen molar-refractivity contribution in [1.82, 2.24) is 0 Å². The molecule has 10 heavy (non-hydrogen) atoms. The van der Waals surface area contributed by atoms with E-state index in [0.717, 1.165) is 0 Å². The number of carbonyl (C=O) groups excluding carboxylic acids is 2. The third-order valence-corrected chi connectivity index (χ3v) is 1.98. The summed E-state index contributed by atoms with van der Waals surface area (Å²) < 4.78 is 0. The highest BCUT2D eigenvalue weighted by molar-refractivity contribution is 5.95. The number of aldehydes is 1. The molecule has 0 saturated carbocycles. The third kappa shape index (κ3) is 1.35. The molecule has 0 aromatic rings. The van der Waals surface area contributed by atoms with E-state index in [1.807, 2.05) is 0 Å². The largest absolute Gasteiger partial charge is 0.369 e. The van der Waals surface area contributed by atoms with Crippen molar-refractivity contribution >= 4 is 12.2 Å². The summed E-state index contributed by atoms with van der Waals surface area (Å²) in [5.74, 6) is -0.521. The van der Waals surface area contributed by atoms with E-state index in [9.17, 15) is 9.59 Å². The Morgan fingerprint density at radius 1 is 1.50 bits per heavy atom. The number of amides is 1. The molecule has 0 aromatic heterocycles. The van der Waals surface area contributed by atoms with Gasteiger partial charge in [0.2, 0.25) is 5.91 Å². The summed E-state index contributed by atoms with van der Waals surface area (Å²) in [5.41, 5.74) is 4.12. The van der Waals surface area contributed by atoms with E-state index in [-0.39, 0.29) is 0 Å². The van der Waals surface area contributed by atoms with Gasteiger partial charge in [-0.3, -0.25) is 4.79 Å². The average molecular weight is 143 g/mol. The van der Waals surface area contributed by atoms with Gasteiger partial charge in [-0.1, -0.05) is 13.8 Å².